The highest BCUT2D eigenvalue weighted by Gasteiger charge is 2.29. The zero-order valence-electron chi connectivity index (χ0n) is 13.5. The lowest BCUT2D eigenvalue weighted by Gasteiger charge is -2.36. The molecule has 6 heteroatoms. The highest BCUT2D eigenvalue weighted by molar-refractivity contribution is 5.82. The van der Waals surface area contributed by atoms with Gasteiger partial charge in [-0.2, -0.15) is 0 Å². The normalized spacial score (nSPS) is 18.3. The molecular formula is C15H29N3O3. The van der Waals surface area contributed by atoms with E-state index in [1.54, 1.807) is 9.80 Å². The van der Waals surface area contributed by atoms with Crippen LogP contribution in [-0.4, -0.2) is 60.6 Å². The third-order valence-corrected chi connectivity index (χ3v) is 4.12. The minimum atomic E-state index is -0.446. The number of hydrogen-bond donors (Lipinski definition) is 1. The molecule has 0 saturated carbocycles. The van der Waals surface area contributed by atoms with Crippen molar-refractivity contribution in [3.63, 3.8) is 0 Å². The van der Waals surface area contributed by atoms with Crippen molar-refractivity contribution < 1.29 is 14.3 Å². The Hall–Kier alpha value is -1.30. The lowest BCUT2D eigenvalue weighted by atomic mass is 9.98. The number of amides is 2. The van der Waals surface area contributed by atoms with Crippen LogP contribution in [0.3, 0.4) is 0 Å². The van der Waals surface area contributed by atoms with E-state index < -0.39 is 6.04 Å². The third kappa shape index (κ3) is 5.19. The Morgan fingerprint density at radius 3 is 2.24 bits per heavy atom. The molecule has 21 heavy (non-hydrogen) atoms. The summed E-state index contributed by atoms with van der Waals surface area (Å²) in [6.07, 6.45) is 2.50. The fourth-order valence-corrected chi connectivity index (χ4v) is 2.21. The molecule has 0 radical (unpaired) electrons. The van der Waals surface area contributed by atoms with Gasteiger partial charge in [-0.15, -0.1) is 0 Å². The van der Waals surface area contributed by atoms with Gasteiger partial charge in [-0.1, -0.05) is 33.6 Å². The molecule has 0 aromatic heterocycles. The molecule has 1 heterocycles. The maximum atomic E-state index is 12.3. The lowest BCUT2D eigenvalue weighted by molar-refractivity contribution is -0.135. The molecule has 0 aliphatic carbocycles. The number of piperazine rings is 1. The number of nitrogens with two attached hydrogens (primary N) is 1. The second-order valence-electron chi connectivity index (χ2n) is 5.69. The van der Waals surface area contributed by atoms with Crippen molar-refractivity contribution in [2.75, 3.05) is 32.8 Å². The molecule has 2 N–H and O–H groups in total. The molecule has 2 unspecified atom stereocenters. The molecule has 1 rings (SSSR count). The number of nitrogens with zero attached hydrogens (tertiary/aromatic N) is 2. The number of carbonyl (C=O) groups excluding carboxylic acids is 2. The van der Waals surface area contributed by atoms with Crippen LogP contribution in [0.25, 0.3) is 0 Å². The van der Waals surface area contributed by atoms with Crippen molar-refractivity contribution in [3.8, 4) is 0 Å². The number of rotatable bonds is 6. The van der Waals surface area contributed by atoms with Crippen molar-refractivity contribution in [2.24, 2.45) is 11.7 Å². The van der Waals surface area contributed by atoms with Crippen LogP contribution in [0.4, 0.5) is 4.79 Å². The number of hydrogen-bond acceptors (Lipinski definition) is 4. The smallest absolute Gasteiger partial charge is 0.409 e. The average molecular weight is 299 g/mol. The minimum absolute atomic E-state index is 0.0108. The maximum Gasteiger partial charge on any atom is 0.409 e. The second kappa shape index (κ2) is 8.87. The van der Waals surface area contributed by atoms with Crippen LogP contribution in [0.15, 0.2) is 0 Å². The van der Waals surface area contributed by atoms with Gasteiger partial charge in [0.1, 0.15) is 0 Å². The van der Waals surface area contributed by atoms with E-state index in [1.165, 1.54) is 0 Å². The van der Waals surface area contributed by atoms with Crippen LogP contribution in [0, 0.1) is 5.92 Å². The minimum Gasteiger partial charge on any atom is -0.449 e. The van der Waals surface area contributed by atoms with Crippen LogP contribution >= 0.6 is 0 Å². The Balaban J connectivity index is 2.37. The monoisotopic (exact) mass is 299 g/mol. The van der Waals surface area contributed by atoms with Gasteiger partial charge in [0.2, 0.25) is 5.91 Å². The number of ether oxygens (including phenoxy) is 1. The van der Waals surface area contributed by atoms with Gasteiger partial charge in [0.15, 0.2) is 0 Å². The van der Waals surface area contributed by atoms with Crippen LogP contribution in [0.5, 0.6) is 0 Å². The first-order chi connectivity index (χ1) is 10.0. The van der Waals surface area contributed by atoms with Gasteiger partial charge in [0.25, 0.3) is 0 Å². The molecule has 6 nitrogen and oxygen atoms in total. The number of unbranched alkanes of at least 4 members (excludes halogenated alkanes) is 1. The van der Waals surface area contributed by atoms with Gasteiger partial charge < -0.3 is 20.3 Å². The molecule has 0 aromatic carbocycles. The Bertz CT molecular complexity index is 341. The molecule has 0 bridgehead atoms. The summed E-state index contributed by atoms with van der Waals surface area (Å²) in [6, 6.07) is -0.446. The van der Waals surface area contributed by atoms with E-state index >= 15 is 0 Å². The van der Waals surface area contributed by atoms with Crippen molar-refractivity contribution in [1.82, 2.24) is 9.80 Å². The van der Waals surface area contributed by atoms with Gasteiger partial charge >= 0.3 is 6.09 Å². The summed E-state index contributed by atoms with van der Waals surface area (Å²) in [5.74, 6) is 0.165. The summed E-state index contributed by atoms with van der Waals surface area (Å²) in [4.78, 5) is 27.5. The molecule has 2 atom stereocenters. The van der Waals surface area contributed by atoms with Gasteiger partial charge in [0.05, 0.1) is 12.6 Å². The summed E-state index contributed by atoms with van der Waals surface area (Å²) in [7, 11) is 0. The number of carbonyl (C=O) groups is 2. The Labute approximate surface area is 127 Å². The van der Waals surface area contributed by atoms with E-state index in [9.17, 15) is 9.59 Å². The molecule has 1 fully saturated rings. The van der Waals surface area contributed by atoms with E-state index in [4.69, 9.17) is 10.5 Å². The predicted molar refractivity (Wildman–Crippen MR) is 81.8 cm³/mol. The summed E-state index contributed by atoms with van der Waals surface area (Å²) in [5, 5.41) is 0. The van der Waals surface area contributed by atoms with Gasteiger partial charge in [-0.3, -0.25) is 4.79 Å². The summed E-state index contributed by atoms with van der Waals surface area (Å²) < 4.78 is 5.18. The fourth-order valence-electron chi connectivity index (χ4n) is 2.21. The third-order valence-electron chi connectivity index (χ3n) is 4.12. The molecule has 1 aliphatic heterocycles. The molecule has 0 aromatic rings. The van der Waals surface area contributed by atoms with Crippen LogP contribution < -0.4 is 5.73 Å². The average Bonchev–Trinajstić information content (AvgIpc) is 2.52. The Kier molecular flexibility index (Phi) is 7.50. The Morgan fingerprint density at radius 2 is 1.71 bits per heavy atom. The largest absolute Gasteiger partial charge is 0.449 e. The lowest BCUT2D eigenvalue weighted by Crippen LogP contribution is -2.55. The van der Waals surface area contributed by atoms with E-state index in [0.717, 1.165) is 19.3 Å². The van der Waals surface area contributed by atoms with E-state index in [-0.39, 0.29) is 17.9 Å². The summed E-state index contributed by atoms with van der Waals surface area (Å²) in [5.41, 5.74) is 5.98. The maximum absolute atomic E-state index is 12.3. The van der Waals surface area contributed by atoms with E-state index in [0.29, 0.717) is 32.8 Å². The molecule has 1 saturated heterocycles. The van der Waals surface area contributed by atoms with E-state index in [2.05, 4.69) is 6.92 Å². The van der Waals surface area contributed by atoms with Crippen LogP contribution in [-0.2, 0) is 9.53 Å². The van der Waals surface area contributed by atoms with Gasteiger partial charge in [0, 0.05) is 26.2 Å². The van der Waals surface area contributed by atoms with Crippen molar-refractivity contribution in [1.29, 1.82) is 0 Å². The quantitative estimate of drug-likeness (QED) is 0.753. The fraction of sp³-hybridized carbons (Fsp3) is 0.867. The van der Waals surface area contributed by atoms with Crippen LogP contribution in [0.1, 0.15) is 40.0 Å². The molecular weight excluding hydrogens is 270 g/mol. The van der Waals surface area contributed by atoms with Crippen molar-refractivity contribution in [3.05, 3.63) is 0 Å². The zero-order valence-corrected chi connectivity index (χ0v) is 13.5. The SMILES string of the molecule is CCCCOC(=O)N1CCN(C(=O)C(N)C(C)CC)CC1. The first-order valence-electron chi connectivity index (χ1n) is 7.97. The van der Waals surface area contributed by atoms with Crippen LogP contribution in [0.2, 0.25) is 0 Å². The van der Waals surface area contributed by atoms with Crippen molar-refractivity contribution in [2.45, 2.75) is 46.1 Å². The first-order valence-corrected chi connectivity index (χ1v) is 7.97. The van der Waals surface area contributed by atoms with Gasteiger partial charge in [-0.05, 0) is 12.3 Å². The highest BCUT2D eigenvalue weighted by atomic mass is 16.6. The van der Waals surface area contributed by atoms with E-state index in [1.807, 2.05) is 13.8 Å². The molecule has 0 spiro atoms. The highest BCUT2D eigenvalue weighted by Crippen LogP contribution is 2.11. The van der Waals surface area contributed by atoms with Gasteiger partial charge in [-0.25, -0.2) is 4.79 Å². The molecule has 2 amide bonds. The standard InChI is InChI=1S/C15H29N3O3/c1-4-6-11-21-15(20)18-9-7-17(8-10-18)14(19)13(16)12(3)5-2/h12-13H,4-11,16H2,1-3H3. The molecule has 122 valence electrons. The summed E-state index contributed by atoms with van der Waals surface area (Å²) >= 11 is 0. The van der Waals surface area contributed by atoms with Crippen molar-refractivity contribution >= 4 is 12.0 Å². The topological polar surface area (TPSA) is 75.9 Å². The zero-order chi connectivity index (χ0) is 15.8. The Morgan fingerprint density at radius 1 is 1.14 bits per heavy atom. The predicted octanol–water partition coefficient (Wildman–Crippen LogP) is 1.44. The summed E-state index contributed by atoms with van der Waals surface area (Å²) in [6.45, 7) is 8.64. The second-order valence-corrected chi connectivity index (χ2v) is 5.69. The first kappa shape index (κ1) is 17.8. The molecule has 1 aliphatic rings.